The summed E-state index contributed by atoms with van der Waals surface area (Å²) >= 11 is 0. The Morgan fingerprint density at radius 1 is 0.500 bits per heavy atom. The summed E-state index contributed by atoms with van der Waals surface area (Å²) in [6, 6.07) is 33.6. The maximum atomic E-state index is 7.63. The first-order valence-corrected chi connectivity index (χ1v) is 13.7. The third-order valence-corrected chi connectivity index (χ3v) is 7.14. The number of nitrogens with two attached hydrogens (primary N) is 2. The van der Waals surface area contributed by atoms with Gasteiger partial charge in [-0.05, 0) is 109 Å². The average molecular weight is 579 g/mol. The Balaban J connectivity index is 0.989. The van der Waals surface area contributed by atoms with Crippen molar-refractivity contribution in [1.29, 1.82) is 10.8 Å². The summed E-state index contributed by atoms with van der Waals surface area (Å²) < 4.78 is 12.1. The Kier molecular flexibility index (Phi) is 6.48. The number of amidine groups is 2. The van der Waals surface area contributed by atoms with Crippen LogP contribution >= 0.6 is 0 Å². The van der Waals surface area contributed by atoms with E-state index in [0.29, 0.717) is 34.1 Å². The molecule has 0 aliphatic heterocycles. The molecule has 0 radical (unpaired) electrons. The van der Waals surface area contributed by atoms with E-state index >= 15 is 0 Å². The number of benzene rings is 5. The van der Waals surface area contributed by atoms with Crippen molar-refractivity contribution >= 4 is 33.7 Å². The number of nitrogens with one attached hydrogen (secondary N) is 4. The fourth-order valence-corrected chi connectivity index (χ4v) is 4.84. The van der Waals surface area contributed by atoms with Gasteiger partial charge in [0.25, 0.3) is 0 Å². The Hall–Kier alpha value is -6.42. The van der Waals surface area contributed by atoms with E-state index in [-0.39, 0.29) is 11.7 Å². The third-order valence-electron chi connectivity index (χ3n) is 7.14. The zero-order valence-corrected chi connectivity index (χ0v) is 23.3. The second-order valence-electron chi connectivity index (χ2n) is 10.2. The number of hydrogen-bond donors (Lipinski definition) is 6. The number of aromatic nitrogens is 4. The SMILES string of the molecule is N=C(N)c1ccc2nc(-c3ccc(Oc4ccc(Oc5ccc(-c6nc7ccc(C(=N)N)cc7[nH]6)cc5)cc4)cc3)[nH]c2c1. The zero-order chi connectivity index (χ0) is 30.2. The predicted molar refractivity (Wildman–Crippen MR) is 172 cm³/mol. The molecule has 0 bridgehead atoms. The fourth-order valence-electron chi connectivity index (χ4n) is 4.84. The smallest absolute Gasteiger partial charge is 0.138 e. The standard InChI is InChI=1S/C34H26N8O2/c35-31(36)21-5-15-27-29(17-21)41-33(39-27)19-1-7-23(8-2-19)43-25-11-13-26(14-12-25)44-24-9-3-20(4-10-24)34-40-28-16-6-22(32(37)38)18-30(28)42-34/h1-18H,(H3,35,36)(H3,37,38)(H,39,41)(H,40,42). The summed E-state index contributed by atoms with van der Waals surface area (Å²) in [5.74, 6) is 4.23. The lowest BCUT2D eigenvalue weighted by molar-refractivity contribution is 0.469. The lowest BCUT2D eigenvalue weighted by atomic mass is 10.2. The fraction of sp³-hybridized carbons (Fsp3) is 0. The van der Waals surface area contributed by atoms with Crippen LogP contribution in [-0.2, 0) is 0 Å². The molecule has 0 atom stereocenters. The van der Waals surface area contributed by atoms with E-state index in [2.05, 4.69) is 19.9 Å². The van der Waals surface area contributed by atoms with Gasteiger partial charge in [-0.1, -0.05) is 0 Å². The minimum Gasteiger partial charge on any atom is -0.457 e. The number of fused-ring (bicyclic) bond motifs is 2. The van der Waals surface area contributed by atoms with E-state index in [4.69, 9.17) is 31.8 Å². The molecule has 5 aromatic carbocycles. The van der Waals surface area contributed by atoms with Gasteiger partial charge in [-0.25, -0.2) is 9.97 Å². The molecule has 44 heavy (non-hydrogen) atoms. The summed E-state index contributed by atoms with van der Waals surface area (Å²) in [7, 11) is 0. The topological polar surface area (TPSA) is 176 Å². The van der Waals surface area contributed by atoms with Gasteiger partial charge in [0.05, 0.1) is 22.1 Å². The van der Waals surface area contributed by atoms with Crippen LogP contribution in [-0.4, -0.2) is 31.6 Å². The molecule has 0 aliphatic carbocycles. The molecule has 0 saturated heterocycles. The van der Waals surface area contributed by atoms with Crippen LogP contribution in [0.1, 0.15) is 11.1 Å². The van der Waals surface area contributed by atoms with Crippen molar-refractivity contribution in [2.45, 2.75) is 0 Å². The van der Waals surface area contributed by atoms with Gasteiger partial charge in [0, 0.05) is 22.3 Å². The maximum Gasteiger partial charge on any atom is 0.138 e. The van der Waals surface area contributed by atoms with E-state index < -0.39 is 0 Å². The van der Waals surface area contributed by atoms with Gasteiger partial charge in [-0.15, -0.1) is 0 Å². The molecule has 2 aromatic heterocycles. The molecule has 0 unspecified atom stereocenters. The van der Waals surface area contributed by atoms with Crippen molar-refractivity contribution in [3.63, 3.8) is 0 Å². The molecule has 0 aliphatic rings. The molecule has 0 fully saturated rings. The zero-order valence-electron chi connectivity index (χ0n) is 23.3. The first-order chi connectivity index (χ1) is 21.4. The molecule has 0 spiro atoms. The van der Waals surface area contributed by atoms with E-state index in [1.165, 1.54) is 0 Å². The predicted octanol–water partition coefficient (Wildman–Crippen LogP) is 6.93. The van der Waals surface area contributed by atoms with E-state index in [0.717, 1.165) is 44.8 Å². The number of aromatic amines is 2. The van der Waals surface area contributed by atoms with Gasteiger partial charge in [-0.3, -0.25) is 10.8 Å². The molecule has 214 valence electrons. The van der Waals surface area contributed by atoms with Crippen LogP contribution in [0.3, 0.4) is 0 Å². The van der Waals surface area contributed by atoms with Crippen molar-refractivity contribution in [1.82, 2.24) is 19.9 Å². The van der Waals surface area contributed by atoms with Crippen LogP contribution in [0.25, 0.3) is 44.8 Å². The Morgan fingerprint density at radius 3 is 1.18 bits per heavy atom. The number of rotatable bonds is 8. The summed E-state index contributed by atoms with van der Waals surface area (Å²) in [5, 5.41) is 15.3. The molecule has 7 rings (SSSR count). The van der Waals surface area contributed by atoms with Crippen LogP contribution in [0.4, 0.5) is 0 Å². The first kappa shape index (κ1) is 26.5. The number of hydrogen-bond acceptors (Lipinski definition) is 6. The van der Waals surface area contributed by atoms with Crippen molar-refractivity contribution in [3.05, 3.63) is 120 Å². The molecule has 10 nitrogen and oxygen atoms in total. The van der Waals surface area contributed by atoms with E-state index in [1.54, 1.807) is 12.1 Å². The van der Waals surface area contributed by atoms with Crippen molar-refractivity contribution in [2.75, 3.05) is 0 Å². The highest BCUT2D eigenvalue weighted by Gasteiger charge is 2.10. The molecular weight excluding hydrogens is 552 g/mol. The molecule has 0 saturated carbocycles. The summed E-state index contributed by atoms with van der Waals surface area (Å²) in [5.41, 5.74) is 17.6. The molecule has 0 amide bonds. The number of nitrogens with zero attached hydrogens (tertiary/aromatic N) is 2. The maximum absolute atomic E-state index is 7.63. The van der Waals surface area contributed by atoms with Crippen LogP contribution in [0.5, 0.6) is 23.0 Å². The Morgan fingerprint density at radius 2 is 0.841 bits per heavy atom. The van der Waals surface area contributed by atoms with Gasteiger partial charge in [0.15, 0.2) is 0 Å². The number of ether oxygens (including phenoxy) is 2. The second-order valence-corrected chi connectivity index (χ2v) is 10.2. The average Bonchev–Trinajstić information content (AvgIpc) is 3.66. The third kappa shape index (κ3) is 5.30. The molecule has 10 heteroatoms. The van der Waals surface area contributed by atoms with Gasteiger partial charge >= 0.3 is 0 Å². The Bertz CT molecular complexity index is 2010. The van der Waals surface area contributed by atoms with E-state index in [1.807, 2.05) is 97.1 Å². The number of nitrogen functional groups attached to an aromatic ring is 2. The molecular formula is C34H26N8O2. The quantitative estimate of drug-likeness (QED) is 0.0842. The summed E-state index contributed by atoms with van der Waals surface area (Å²) in [6.45, 7) is 0. The minimum absolute atomic E-state index is 0.0186. The van der Waals surface area contributed by atoms with Crippen molar-refractivity contribution in [2.24, 2.45) is 11.5 Å². The second kappa shape index (κ2) is 10.8. The van der Waals surface area contributed by atoms with Crippen LogP contribution in [0.2, 0.25) is 0 Å². The lowest BCUT2D eigenvalue weighted by Crippen LogP contribution is -2.10. The van der Waals surface area contributed by atoms with Gasteiger partial charge in [0.2, 0.25) is 0 Å². The monoisotopic (exact) mass is 578 g/mol. The Labute approximate surface area is 251 Å². The molecule has 2 heterocycles. The van der Waals surface area contributed by atoms with Crippen LogP contribution in [0, 0.1) is 10.8 Å². The first-order valence-electron chi connectivity index (χ1n) is 13.7. The van der Waals surface area contributed by atoms with Crippen LogP contribution in [0.15, 0.2) is 109 Å². The van der Waals surface area contributed by atoms with Gasteiger partial charge in [0.1, 0.15) is 46.3 Å². The largest absolute Gasteiger partial charge is 0.457 e. The highest BCUT2D eigenvalue weighted by Crippen LogP contribution is 2.30. The number of H-pyrrole nitrogens is 2. The van der Waals surface area contributed by atoms with Crippen molar-refractivity contribution < 1.29 is 9.47 Å². The molecule has 8 N–H and O–H groups in total. The number of imidazole rings is 2. The highest BCUT2D eigenvalue weighted by atomic mass is 16.5. The molecule has 7 aromatic rings. The highest BCUT2D eigenvalue weighted by molar-refractivity contribution is 5.99. The summed E-state index contributed by atoms with van der Waals surface area (Å²) in [4.78, 5) is 15.9. The van der Waals surface area contributed by atoms with Crippen LogP contribution < -0.4 is 20.9 Å². The van der Waals surface area contributed by atoms with Crippen molar-refractivity contribution in [3.8, 4) is 45.8 Å². The van der Waals surface area contributed by atoms with Gasteiger partial charge < -0.3 is 30.9 Å². The minimum atomic E-state index is 0.0186. The van der Waals surface area contributed by atoms with Gasteiger partial charge in [-0.2, -0.15) is 0 Å². The summed E-state index contributed by atoms with van der Waals surface area (Å²) in [6.07, 6.45) is 0. The lowest BCUT2D eigenvalue weighted by Gasteiger charge is -2.09. The normalized spacial score (nSPS) is 11.1. The van der Waals surface area contributed by atoms with E-state index in [9.17, 15) is 0 Å².